The highest BCUT2D eigenvalue weighted by molar-refractivity contribution is 6.30. The zero-order valence-electron chi connectivity index (χ0n) is 16.1. The number of amides is 1. The Kier molecular flexibility index (Phi) is 5.62. The second kappa shape index (κ2) is 8.33. The minimum atomic E-state index is -0.432. The fraction of sp³-hybridized carbons (Fsp3) is 0.318. The van der Waals surface area contributed by atoms with Gasteiger partial charge in [0, 0.05) is 24.1 Å². The summed E-state index contributed by atoms with van der Waals surface area (Å²) in [7, 11) is 0. The van der Waals surface area contributed by atoms with Crippen LogP contribution in [0.5, 0.6) is 0 Å². The molecule has 2 aromatic carbocycles. The van der Waals surface area contributed by atoms with Gasteiger partial charge in [-0.2, -0.15) is 0 Å². The average molecular weight is 413 g/mol. The molecule has 0 radical (unpaired) electrons. The van der Waals surface area contributed by atoms with Gasteiger partial charge in [-0.05, 0) is 42.5 Å². The highest BCUT2D eigenvalue weighted by Crippen LogP contribution is 2.34. The first-order valence-electron chi connectivity index (χ1n) is 9.80. The molecule has 29 heavy (non-hydrogen) atoms. The van der Waals surface area contributed by atoms with Crippen molar-refractivity contribution in [3.8, 4) is 22.5 Å². The molecule has 1 heterocycles. The van der Waals surface area contributed by atoms with E-state index in [1.54, 1.807) is 18.5 Å². The SMILES string of the molecule is CCC(=O)NC1CCC(n2cnnc2-c2ccc(-c3ccc(Cl)c(F)c3)cc2)C1. The summed E-state index contributed by atoms with van der Waals surface area (Å²) >= 11 is 5.77. The Balaban J connectivity index is 1.52. The van der Waals surface area contributed by atoms with E-state index in [-0.39, 0.29) is 23.0 Å². The van der Waals surface area contributed by atoms with Crippen molar-refractivity contribution in [1.82, 2.24) is 20.1 Å². The Labute approximate surface area is 173 Å². The first kappa shape index (κ1) is 19.6. The molecule has 1 amide bonds. The Hall–Kier alpha value is -2.73. The van der Waals surface area contributed by atoms with Crippen molar-refractivity contribution in [3.63, 3.8) is 0 Å². The van der Waals surface area contributed by atoms with E-state index in [1.165, 1.54) is 6.07 Å². The summed E-state index contributed by atoms with van der Waals surface area (Å²) in [5, 5.41) is 11.6. The van der Waals surface area contributed by atoms with Crippen molar-refractivity contribution in [2.24, 2.45) is 0 Å². The van der Waals surface area contributed by atoms with E-state index in [4.69, 9.17) is 11.6 Å². The first-order valence-corrected chi connectivity index (χ1v) is 10.2. The average Bonchev–Trinajstić information content (AvgIpc) is 3.39. The molecule has 5 nitrogen and oxygen atoms in total. The van der Waals surface area contributed by atoms with Gasteiger partial charge >= 0.3 is 0 Å². The van der Waals surface area contributed by atoms with Crippen molar-refractivity contribution < 1.29 is 9.18 Å². The molecule has 3 aromatic rings. The smallest absolute Gasteiger partial charge is 0.219 e. The second-order valence-corrected chi connectivity index (χ2v) is 7.76. The van der Waals surface area contributed by atoms with E-state index in [0.29, 0.717) is 6.42 Å². The van der Waals surface area contributed by atoms with Crippen LogP contribution in [0.2, 0.25) is 5.02 Å². The van der Waals surface area contributed by atoms with Gasteiger partial charge in [0.15, 0.2) is 5.82 Å². The molecular weight excluding hydrogens is 391 g/mol. The number of aromatic nitrogens is 3. The normalized spacial score (nSPS) is 18.7. The predicted molar refractivity (Wildman–Crippen MR) is 111 cm³/mol. The van der Waals surface area contributed by atoms with Gasteiger partial charge in [-0.3, -0.25) is 4.79 Å². The fourth-order valence-corrected chi connectivity index (χ4v) is 3.99. The zero-order valence-corrected chi connectivity index (χ0v) is 16.9. The number of hydrogen-bond donors (Lipinski definition) is 1. The molecule has 4 rings (SSSR count). The Bertz CT molecular complexity index is 1020. The van der Waals surface area contributed by atoms with E-state index in [0.717, 1.165) is 41.8 Å². The van der Waals surface area contributed by atoms with Crippen LogP contribution in [0.15, 0.2) is 48.8 Å². The maximum atomic E-state index is 13.7. The Morgan fingerprint density at radius 2 is 1.90 bits per heavy atom. The van der Waals surface area contributed by atoms with Crippen LogP contribution in [-0.2, 0) is 4.79 Å². The summed E-state index contributed by atoms with van der Waals surface area (Å²) < 4.78 is 15.8. The minimum absolute atomic E-state index is 0.0915. The second-order valence-electron chi connectivity index (χ2n) is 7.35. The summed E-state index contributed by atoms with van der Waals surface area (Å²) in [5.74, 6) is 0.457. The van der Waals surface area contributed by atoms with Crippen molar-refractivity contribution in [2.75, 3.05) is 0 Å². The molecule has 150 valence electrons. The molecule has 1 aliphatic rings. The van der Waals surface area contributed by atoms with Crippen molar-refractivity contribution in [1.29, 1.82) is 0 Å². The van der Waals surface area contributed by atoms with Gasteiger partial charge in [0.1, 0.15) is 12.1 Å². The monoisotopic (exact) mass is 412 g/mol. The van der Waals surface area contributed by atoms with Crippen LogP contribution in [0.4, 0.5) is 4.39 Å². The molecule has 1 saturated carbocycles. The first-order chi connectivity index (χ1) is 14.0. The van der Waals surface area contributed by atoms with Gasteiger partial charge in [-0.1, -0.05) is 48.9 Å². The van der Waals surface area contributed by atoms with E-state index in [9.17, 15) is 9.18 Å². The third-order valence-corrected chi connectivity index (χ3v) is 5.76. The van der Waals surface area contributed by atoms with Crippen LogP contribution in [-0.4, -0.2) is 26.7 Å². The number of carbonyl (C=O) groups excluding carboxylic acids is 1. The topological polar surface area (TPSA) is 59.8 Å². The number of nitrogens with one attached hydrogen (secondary N) is 1. The molecule has 2 unspecified atom stereocenters. The van der Waals surface area contributed by atoms with Gasteiger partial charge in [-0.25, -0.2) is 4.39 Å². The van der Waals surface area contributed by atoms with Gasteiger partial charge < -0.3 is 9.88 Å². The molecule has 7 heteroatoms. The summed E-state index contributed by atoms with van der Waals surface area (Å²) in [6.07, 6.45) is 5.06. The number of nitrogens with zero attached hydrogens (tertiary/aromatic N) is 3. The lowest BCUT2D eigenvalue weighted by molar-refractivity contribution is -0.121. The van der Waals surface area contributed by atoms with Gasteiger partial charge in [0.2, 0.25) is 5.91 Å². The third-order valence-electron chi connectivity index (χ3n) is 5.45. The molecule has 1 aromatic heterocycles. The quantitative estimate of drug-likeness (QED) is 0.639. The lowest BCUT2D eigenvalue weighted by Gasteiger charge is -2.16. The highest BCUT2D eigenvalue weighted by atomic mass is 35.5. The molecule has 0 saturated heterocycles. The van der Waals surface area contributed by atoms with Crippen LogP contribution < -0.4 is 5.32 Å². The van der Waals surface area contributed by atoms with Crippen LogP contribution in [0, 0.1) is 5.82 Å². The van der Waals surface area contributed by atoms with Crippen LogP contribution in [0.3, 0.4) is 0 Å². The largest absolute Gasteiger partial charge is 0.353 e. The molecule has 1 N–H and O–H groups in total. The maximum Gasteiger partial charge on any atom is 0.219 e. The van der Waals surface area contributed by atoms with E-state index in [1.807, 2.05) is 31.2 Å². The molecule has 0 aliphatic heterocycles. The molecule has 2 atom stereocenters. The number of hydrogen-bond acceptors (Lipinski definition) is 3. The highest BCUT2D eigenvalue weighted by Gasteiger charge is 2.28. The number of halogens is 2. The Morgan fingerprint density at radius 3 is 2.62 bits per heavy atom. The standard InChI is InChI=1S/C22H22ClFN4O/c1-2-21(29)26-17-8-9-18(12-17)28-13-25-27-22(28)15-5-3-14(4-6-15)16-7-10-19(23)20(24)11-16/h3-7,10-11,13,17-18H,2,8-9,12H2,1H3,(H,26,29). The summed E-state index contributed by atoms with van der Waals surface area (Å²) in [6.45, 7) is 1.86. The molecule has 0 spiro atoms. The van der Waals surface area contributed by atoms with Crippen LogP contribution in [0.1, 0.15) is 38.6 Å². The van der Waals surface area contributed by atoms with Crippen molar-refractivity contribution in [2.45, 2.75) is 44.7 Å². The minimum Gasteiger partial charge on any atom is -0.353 e. The predicted octanol–water partition coefficient (Wildman–Crippen LogP) is 5.02. The van der Waals surface area contributed by atoms with Gasteiger partial charge in [0.05, 0.1) is 5.02 Å². The maximum absolute atomic E-state index is 13.7. The lowest BCUT2D eigenvalue weighted by atomic mass is 10.0. The summed E-state index contributed by atoms with van der Waals surface area (Å²) in [5.41, 5.74) is 2.62. The van der Waals surface area contributed by atoms with Gasteiger partial charge in [0.25, 0.3) is 0 Å². The van der Waals surface area contributed by atoms with E-state index >= 15 is 0 Å². The van der Waals surface area contributed by atoms with Crippen LogP contribution >= 0.6 is 11.6 Å². The number of rotatable bonds is 5. The third kappa shape index (κ3) is 4.17. The van der Waals surface area contributed by atoms with Crippen LogP contribution in [0.25, 0.3) is 22.5 Å². The molecule has 1 aliphatic carbocycles. The number of carbonyl (C=O) groups is 1. The molecule has 0 bridgehead atoms. The van der Waals surface area contributed by atoms with E-state index in [2.05, 4.69) is 20.1 Å². The van der Waals surface area contributed by atoms with Gasteiger partial charge in [-0.15, -0.1) is 10.2 Å². The summed E-state index contributed by atoms with van der Waals surface area (Å²) in [6, 6.07) is 13.1. The zero-order chi connectivity index (χ0) is 20.4. The summed E-state index contributed by atoms with van der Waals surface area (Å²) in [4.78, 5) is 11.7. The lowest BCUT2D eigenvalue weighted by Crippen LogP contribution is -2.32. The fourth-order valence-electron chi connectivity index (χ4n) is 3.88. The van der Waals surface area contributed by atoms with Crippen molar-refractivity contribution in [3.05, 3.63) is 59.6 Å². The Morgan fingerprint density at radius 1 is 1.17 bits per heavy atom. The number of benzene rings is 2. The molecule has 1 fully saturated rings. The molecular formula is C22H22ClFN4O. The van der Waals surface area contributed by atoms with E-state index < -0.39 is 5.82 Å². The van der Waals surface area contributed by atoms with Crippen molar-refractivity contribution >= 4 is 17.5 Å².